The van der Waals surface area contributed by atoms with Gasteiger partial charge < -0.3 is 10.1 Å². The quantitative estimate of drug-likeness (QED) is 0.586. The number of hydrogen-bond donors (Lipinski definition) is 1. The van der Waals surface area contributed by atoms with E-state index >= 15 is 0 Å². The van der Waals surface area contributed by atoms with Crippen LogP contribution in [0.2, 0.25) is 0 Å². The highest BCUT2D eigenvalue weighted by molar-refractivity contribution is 6.12. The molecule has 166 valence electrons. The molecule has 0 saturated heterocycles. The van der Waals surface area contributed by atoms with Crippen LogP contribution in [0.4, 0.5) is 5.69 Å². The smallest absolute Gasteiger partial charge is 0.294 e. The van der Waals surface area contributed by atoms with Gasteiger partial charge in [-0.3, -0.25) is 14.5 Å². The normalized spacial score (nSPS) is 18.3. The average molecular weight is 439 g/mol. The lowest BCUT2D eigenvalue weighted by atomic mass is 9.88. The minimum Gasteiger partial charge on any atom is -0.449 e. The van der Waals surface area contributed by atoms with Gasteiger partial charge in [-0.25, -0.2) is 0 Å². The third kappa shape index (κ3) is 4.40. The molecule has 0 bridgehead atoms. The maximum atomic E-state index is 13.4. The van der Waals surface area contributed by atoms with Gasteiger partial charge in [0.05, 0.1) is 11.7 Å². The van der Waals surface area contributed by atoms with Crippen molar-refractivity contribution in [3.05, 3.63) is 101 Å². The maximum absolute atomic E-state index is 13.4. The number of nitrogens with zero attached hydrogens (tertiary/aromatic N) is 1. The van der Waals surface area contributed by atoms with Gasteiger partial charge in [-0.05, 0) is 61.1 Å². The zero-order valence-electron chi connectivity index (χ0n) is 18.6. The zero-order chi connectivity index (χ0) is 22.8. The Kier molecular flexibility index (Phi) is 5.69. The second-order valence-electron chi connectivity index (χ2n) is 8.59. The fourth-order valence-corrected chi connectivity index (χ4v) is 4.62. The van der Waals surface area contributed by atoms with Crippen LogP contribution in [0, 0.1) is 6.92 Å². The average Bonchev–Trinajstić information content (AvgIpc) is 2.82. The molecule has 1 heterocycles. The van der Waals surface area contributed by atoms with Crippen LogP contribution in [0.25, 0.3) is 6.08 Å². The number of ether oxygens (including phenoxy) is 1. The summed E-state index contributed by atoms with van der Waals surface area (Å²) in [5.74, 6) is 0.257. The lowest BCUT2D eigenvalue weighted by Gasteiger charge is -2.31. The Balaban J connectivity index is 1.40. The molecule has 3 aromatic rings. The molecule has 1 atom stereocenters. The molecule has 1 aliphatic carbocycles. The molecular weight excluding hydrogens is 412 g/mol. The lowest BCUT2D eigenvalue weighted by Crippen LogP contribution is -2.45. The minimum absolute atomic E-state index is 0.0313. The molecule has 0 saturated carbocycles. The van der Waals surface area contributed by atoms with Crippen LogP contribution in [-0.2, 0) is 16.0 Å². The van der Waals surface area contributed by atoms with Crippen LogP contribution in [0.3, 0.4) is 0 Å². The Bertz CT molecular complexity index is 1250. The summed E-state index contributed by atoms with van der Waals surface area (Å²) in [6, 6.07) is 23.4. The van der Waals surface area contributed by atoms with Gasteiger partial charge in [-0.15, -0.1) is 0 Å². The summed E-state index contributed by atoms with van der Waals surface area (Å²) in [6.45, 7) is 1.93. The molecule has 5 rings (SSSR count). The van der Waals surface area contributed by atoms with Crippen molar-refractivity contribution >= 4 is 23.6 Å². The largest absolute Gasteiger partial charge is 0.449 e. The van der Waals surface area contributed by atoms with Crippen molar-refractivity contribution < 1.29 is 14.3 Å². The van der Waals surface area contributed by atoms with Crippen LogP contribution in [0.1, 0.15) is 41.1 Å². The van der Waals surface area contributed by atoms with E-state index in [-0.39, 0.29) is 30.2 Å². The van der Waals surface area contributed by atoms with Crippen molar-refractivity contribution in [1.29, 1.82) is 0 Å². The van der Waals surface area contributed by atoms with E-state index in [2.05, 4.69) is 17.4 Å². The number of carbonyl (C=O) groups is 2. The van der Waals surface area contributed by atoms with Gasteiger partial charge in [-0.1, -0.05) is 66.2 Å². The van der Waals surface area contributed by atoms with Crippen LogP contribution in [0.15, 0.2) is 78.6 Å². The van der Waals surface area contributed by atoms with Gasteiger partial charge in [0.15, 0.2) is 11.5 Å². The van der Waals surface area contributed by atoms with E-state index in [1.165, 1.54) is 16.0 Å². The summed E-state index contributed by atoms with van der Waals surface area (Å²) < 4.78 is 5.93. The minimum atomic E-state index is -0.325. The number of fused-ring (bicyclic) bond motifs is 2. The van der Waals surface area contributed by atoms with E-state index in [1.807, 2.05) is 61.5 Å². The number of para-hydroxylation sites is 2. The van der Waals surface area contributed by atoms with Crippen molar-refractivity contribution in [2.45, 2.75) is 32.2 Å². The number of rotatable bonds is 4. The molecule has 0 radical (unpaired) electrons. The molecule has 1 unspecified atom stereocenters. The standard InChI is InChI=1S/C28H26N2O3/c1-19-8-6-9-20(16-19)17-26-28(32)30(24-14-4-5-15-25(24)33-26)18-27(31)29-23-13-7-11-21-10-2-3-12-22(21)23/h2-6,8-10,12,14-17,23H,7,11,13,18H2,1H3,(H,29,31). The predicted octanol–water partition coefficient (Wildman–Crippen LogP) is 4.96. The summed E-state index contributed by atoms with van der Waals surface area (Å²) in [5, 5.41) is 3.15. The number of benzene rings is 3. The summed E-state index contributed by atoms with van der Waals surface area (Å²) in [7, 11) is 0. The highest BCUT2D eigenvalue weighted by atomic mass is 16.5. The molecule has 0 aromatic heterocycles. The number of carbonyl (C=O) groups excluding carboxylic acids is 2. The molecule has 1 aliphatic heterocycles. The van der Waals surface area contributed by atoms with Crippen molar-refractivity contribution in [3.8, 4) is 5.75 Å². The topological polar surface area (TPSA) is 58.6 Å². The van der Waals surface area contributed by atoms with Gasteiger partial charge in [0.2, 0.25) is 5.91 Å². The second kappa shape index (κ2) is 8.94. The maximum Gasteiger partial charge on any atom is 0.294 e. The monoisotopic (exact) mass is 438 g/mol. The fraction of sp³-hybridized carbons (Fsp3) is 0.214. The molecule has 5 heteroatoms. The Labute approximate surface area is 193 Å². The molecule has 33 heavy (non-hydrogen) atoms. The third-order valence-electron chi connectivity index (χ3n) is 6.18. The Morgan fingerprint density at radius 1 is 1.09 bits per heavy atom. The van der Waals surface area contributed by atoms with Crippen LogP contribution >= 0.6 is 0 Å². The lowest BCUT2D eigenvalue weighted by molar-refractivity contribution is -0.124. The predicted molar refractivity (Wildman–Crippen MR) is 129 cm³/mol. The van der Waals surface area contributed by atoms with Crippen molar-refractivity contribution in [2.24, 2.45) is 0 Å². The molecule has 5 nitrogen and oxygen atoms in total. The highest BCUT2D eigenvalue weighted by Crippen LogP contribution is 2.36. The fourth-order valence-electron chi connectivity index (χ4n) is 4.62. The Hall–Kier alpha value is -3.86. The van der Waals surface area contributed by atoms with Gasteiger partial charge in [0, 0.05) is 0 Å². The molecule has 3 aromatic carbocycles. The van der Waals surface area contributed by atoms with E-state index in [4.69, 9.17) is 4.74 Å². The van der Waals surface area contributed by atoms with Gasteiger partial charge in [0.1, 0.15) is 6.54 Å². The first-order valence-corrected chi connectivity index (χ1v) is 11.3. The van der Waals surface area contributed by atoms with E-state index in [0.717, 1.165) is 30.4 Å². The first-order chi connectivity index (χ1) is 16.1. The summed E-state index contributed by atoms with van der Waals surface area (Å²) in [6.07, 6.45) is 4.69. The molecule has 0 fully saturated rings. The molecule has 2 amide bonds. The number of anilines is 1. The van der Waals surface area contributed by atoms with E-state index < -0.39 is 0 Å². The van der Waals surface area contributed by atoms with E-state index in [0.29, 0.717) is 11.4 Å². The third-order valence-corrected chi connectivity index (χ3v) is 6.18. The van der Waals surface area contributed by atoms with Gasteiger partial charge in [0.25, 0.3) is 5.91 Å². The van der Waals surface area contributed by atoms with Crippen molar-refractivity contribution in [3.63, 3.8) is 0 Å². The van der Waals surface area contributed by atoms with Gasteiger partial charge >= 0.3 is 0 Å². The summed E-state index contributed by atoms with van der Waals surface area (Å²) in [5.41, 5.74) is 5.03. The SMILES string of the molecule is Cc1cccc(C=C2Oc3ccccc3N(CC(=O)NC3CCCc4ccccc43)C2=O)c1. The number of nitrogens with one attached hydrogen (secondary N) is 1. The Morgan fingerprint density at radius 3 is 2.79 bits per heavy atom. The van der Waals surface area contributed by atoms with Gasteiger partial charge in [-0.2, -0.15) is 0 Å². The summed E-state index contributed by atoms with van der Waals surface area (Å²) in [4.78, 5) is 27.9. The van der Waals surface area contributed by atoms with Crippen molar-refractivity contribution in [1.82, 2.24) is 5.32 Å². The first kappa shape index (κ1) is 21.0. The van der Waals surface area contributed by atoms with E-state index in [1.54, 1.807) is 12.1 Å². The number of aryl methyl sites for hydroxylation is 2. The number of amides is 2. The zero-order valence-corrected chi connectivity index (χ0v) is 18.6. The molecule has 1 N–H and O–H groups in total. The highest BCUT2D eigenvalue weighted by Gasteiger charge is 2.32. The molecular formula is C28H26N2O3. The number of hydrogen-bond acceptors (Lipinski definition) is 3. The first-order valence-electron chi connectivity index (χ1n) is 11.3. The molecule has 0 spiro atoms. The molecule has 2 aliphatic rings. The Morgan fingerprint density at radius 2 is 1.91 bits per heavy atom. The van der Waals surface area contributed by atoms with Crippen LogP contribution in [0.5, 0.6) is 5.75 Å². The van der Waals surface area contributed by atoms with Crippen molar-refractivity contribution in [2.75, 3.05) is 11.4 Å². The summed E-state index contributed by atoms with van der Waals surface area (Å²) >= 11 is 0. The second-order valence-corrected chi connectivity index (χ2v) is 8.59. The van der Waals surface area contributed by atoms with E-state index in [9.17, 15) is 9.59 Å². The van der Waals surface area contributed by atoms with Crippen LogP contribution in [-0.4, -0.2) is 18.4 Å². The van der Waals surface area contributed by atoms with Crippen LogP contribution < -0.4 is 15.0 Å².